The Morgan fingerprint density at radius 3 is 2.77 bits per heavy atom. The molecule has 0 amide bonds. The number of rotatable bonds is 6. The molecule has 3 heterocycles. The van der Waals surface area contributed by atoms with Gasteiger partial charge in [0.25, 0.3) is 5.69 Å². The van der Waals surface area contributed by atoms with Gasteiger partial charge in [0, 0.05) is 43.3 Å². The number of nitro groups is 1. The SMILES string of the molecule is Cc1nn(-c2ccnc(Nc3ccc(N4CCOCC4)c([N+](=O)[O-])c3)n2)cc1C=O. The number of hydrogen-bond acceptors (Lipinski definition) is 9. The van der Waals surface area contributed by atoms with Crippen LogP contribution in [0.4, 0.5) is 23.0 Å². The van der Waals surface area contributed by atoms with E-state index in [4.69, 9.17) is 4.74 Å². The van der Waals surface area contributed by atoms with Crippen LogP contribution < -0.4 is 10.2 Å². The molecule has 1 fully saturated rings. The number of nitro benzene ring substituents is 1. The van der Waals surface area contributed by atoms with Gasteiger partial charge in [-0.3, -0.25) is 14.9 Å². The largest absolute Gasteiger partial charge is 0.378 e. The summed E-state index contributed by atoms with van der Waals surface area (Å²) >= 11 is 0. The van der Waals surface area contributed by atoms with Crippen molar-refractivity contribution < 1.29 is 14.5 Å². The minimum absolute atomic E-state index is 0.00335. The molecular formula is C19H19N7O4. The van der Waals surface area contributed by atoms with E-state index >= 15 is 0 Å². The van der Waals surface area contributed by atoms with Crippen molar-refractivity contribution in [3.63, 3.8) is 0 Å². The molecule has 0 spiro atoms. The molecule has 0 saturated carbocycles. The molecule has 1 N–H and O–H groups in total. The number of morpholine rings is 1. The molecule has 30 heavy (non-hydrogen) atoms. The van der Waals surface area contributed by atoms with Crippen molar-refractivity contribution in [2.45, 2.75) is 6.92 Å². The monoisotopic (exact) mass is 409 g/mol. The van der Waals surface area contributed by atoms with Crippen LogP contribution in [0.1, 0.15) is 16.1 Å². The number of nitrogens with zero attached hydrogens (tertiary/aromatic N) is 6. The zero-order chi connectivity index (χ0) is 21.1. The van der Waals surface area contributed by atoms with Crippen molar-refractivity contribution in [1.29, 1.82) is 0 Å². The van der Waals surface area contributed by atoms with Crippen LogP contribution in [-0.2, 0) is 4.74 Å². The third kappa shape index (κ3) is 3.96. The molecule has 154 valence electrons. The number of ether oxygens (including phenoxy) is 1. The van der Waals surface area contributed by atoms with Crippen molar-refractivity contribution in [3.8, 4) is 5.82 Å². The zero-order valence-electron chi connectivity index (χ0n) is 16.2. The van der Waals surface area contributed by atoms with E-state index in [-0.39, 0.29) is 11.6 Å². The maximum Gasteiger partial charge on any atom is 0.294 e. The van der Waals surface area contributed by atoms with Crippen molar-refractivity contribution in [2.24, 2.45) is 0 Å². The molecule has 0 radical (unpaired) electrons. The van der Waals surface area contributed by atoms with E-state index in [9.17, 15) is 14.9 Å². The van der Waals surface area contributed by atoms with E-state index in [1.807, 2.05) is 4.90 Å². The van der Waals surface area contributed by atoms with Gasteiger partial charge in [0.05, 0.1) is 29.4 Å². The van der Waals surface area contributed by atoms with Gasteiger partial charge in [-0.05, 0) is 19.1 Å². The van der Waals surface area contributed by atoms with Gasteiger partial charge in [0.15, 0.2) is 12.1 Å². The first-order chi connectivity index (χ1) is 14.5. The average molecular weight is 409 g/mol. The summed E-state index contributed by atoms with van der Waals surface area (Å²) in [5.74, 6) is 0.713. The van der Waals surface area contributed by atoms with Crippen molar-refractivity contribution in [3.05, 3.63) is 58.0 Å². The van der Waals surface area contributed by atoms with Crippen LogP contribution in [-0.4, -0.2) is 57.3 Å². The second kappa shape index (κ2) is 8.25. The molecule has 3 aromatic rings. The van der Waals surface area contributed by atoms with Crippen LogP contribution in [0, 0.1) is 17.0 Å². The van der Waals surface area contributed by atoms with Crippen LogP contribution in [0.2, 0.25) is 0 Å². The lowest BCUT2D eigenvalue weighted by Crippen LogP contribution is -2.36. The van der Waals surface area contributed by atoms with Crippen molar-refractivity contribution >= 4 is 29.3 Å². The molecule has 4 rings (SSSR count). The molecule has 1 aliphatic rings. The number of benzene rings is 1. The van der Waals surface area contributed by atoms with E-state index in [1.165, 1.54) is 10.7 Å². The van der Waals surface area contributed by atoms with E-state index in [1.54, 1.807) is 37.5 Å². The summed E-state index contributed by atoms with van der Waals surface area (Å²) < 4.78 is 6.80. The third-order valence-electron chi connectivity index (χ3n) is 4.72. The van der Waals surface area contributed by atoms with Gasteiger partial charge in [0.2, 0.25) is 5.95 Å². The Balaban J connectivity index is 1.60. The summed E-state index contributed by atoms with van der Waals surface area (Å²) in [5, 5.41) is 18.9. The minimum atomic E-state index is -0.402. The van der Waals surface area contributed by atoms with Gasteiger partial charge in [-0.2, -0.15) is 10.1 Å². The van der Waals surface area contributed by atoms with Crippen LogP contribution in [0.5, 0.6) is 0 Å². The van der Waals surface area contributed by atoms with Gasteiger partial charge in [0.1, 0.15) is 5.69 Å². The maximum atomic E-state index is 11.6. The van der Waals surface area contributed by atoms with Gasteiger partial charge < -0.3 is 15.0 Å². The Kier molecular flexibility index (Phi) is 5.35. The summed E-state index contributed by atoms with van der Waals surface area (Å²) in [6, 6.07) is 6.57. The van der Waals surface area contributed by atoms with Gasteiger partial charge >= 0.3 is 0 Å². The normalized spacial score (nSPS) is 13.8. The molecule has 1 saturated heterocycles. The number of aromatic nitrogens is 4. The minimum Gasteiger partial charge on any atom is -0.378 e. The van der Waals surface area contributed by atoms with Crippen LogP contribution in [0.25, 0.3) is 5.82 Å². The highest BCUT2D eigenvalue weighted by molar-refractivity contribution is 5.76. The number of nitrogens with one attached hydrogen (secondary N) is 1. The first-order valence-electron chi connectivity index (χ1n) is 9.28. The van der Waals surface area contributed by atoms with Crippen LogP contribution in [0.3, 0.4) is 0 Å². The average Bonchev–Trinajstić information content (AvgIpc) is 3.15. The van der Waals surface area contributed by atoms with Gasteiger partial charge in [-0.25, -0.2) is 9.67 Å². The number of anilines is 3. The number of carbonyl (C=O) groups excluding carboxylic acids is 1. The standard InChI is InChI=1S/C19H19N7O4/c1-13-14(12-27)11-25(23-13)18-4-5-20-19(22-18)21-15-2-3-16(17(10-15)26(28)29)24-6-8-30-9-7-24/h2-5,10-12H,6-9H2,1H3,(H,20,21,22). The summed E-state index contributed by atoms with van der Waals surface area (Å²) in [4.78, 5) is 32.7. The Morgan fingerprint density at radius 2 is 2.07 bits per heavy atom. The quantitative estimate of drug-likeness (QED) is 0.370. The number of aldehydes is 1. The molecule has 1 aliphatic heterocycles. The summed E-state index contributed by atoms with van der Waals surface area (Å²) in [7, 11) is 0. The highest BCUT2D eigenvalue weighted by Gasteiger charge is 2.22. The van der Waals surface area contributed by atoms with Crippen LogP contribution in [0.15, 0.2) is 36.7 Å². The van der Waals surface area contributed by atoms with Gasteiger partial charge in [-0.1, -0.05) is 0 Å². The fourth-order valence-corrected chi connectivity index (χ4v) is 3.19. The molecule has 0 bridgehead atoms. The van der Waals surface area contributed by atoms with E-state index in [0.717, 1.165) is 6.29 Å². The fourth-order valence-electron chi connectivity index (χ4n) is 3.19. The number of aryl methyl sites for hydroxylation is 1. The Morgan fingerprint density at radius 1 is 1.27 bits per heavy atom. The van der Waals surface area contributed by atoms with Crippen LogP contribution >= 0.6 is 0 Å². The topological polar surface area (TPSA) is 128 Å². The molecule has 11 heteroatoms. The maximum absolute atomic E-state index is 11.6. The summed E-state index contributed by atoms with van der Waals surface area (Å²) in [6.07, 6.45) is 3.85. The highest BCUT2D eigenvalue weighted by atomic mass is 16.6. The second-order valence-corrected chi connectivity index (χ2v) is 6.66. The molecule has 11 nitrogen and oxygen atoms in total. The van der Waals surface area contributed by atoms with E-state index in [2.05, 4.69) is 20.4 Å². The lowest BCUT2D eigenvalue weighted by atomic mass is 10.2. The first kappa shape index (κ1) is 19.5. The molecule has 0 atom stereocenters. The molecular weight excluding hydrogens is 390 g/mol. The van der Waals surface area contributed by atoms with E-state index in [0.29, 0.717) is 54.8 Å². The van der Waals surface area contributed by atoms with Crippen molar-refractivity contribution in [2.75, 3.05) is 36.5 Å². The molecule has 2 aromatic heterocycles. The Bertz CT molecular complexity index is 1090. The van der Waals surface area contributed by atoms with Crippen molar-refractivity contribution in [1.82, 2.24) is 19.7 Å². The fraction of sp³-hybridized carbons (Fsp3) is 0.263. The number of carbonyl (C=O) groups is 1. The lowest BCUT2D eigenvalue weighted by Gasteiger charge is -2.28. The molecule has 0 aliphatic carbocycles. The molecule has 0 unspecified atom stereocenters. The zero-order valence-corrected chi connectivity index (χ0v) is 16.2. The number of hydrogen-bond donors (Lipinski definition) is 1. The third-order valence-corrected chi connectivity index (χ3v) is 4.72. The van der Waals surface area contributed by atoms with Gasteiger partial charge in [-0.15, -0.1) is 0 Å². The highest BCUT2D eigenvalue weighted by Crippen LogP contribution is 2.32. The van der Waals surface area contributed by atoms with E-state index < -0.39 is 4.92 Å². The lowest BCUT2D eigenvalue weighted by molar-refractivity contribution is -0.384. The predicted octanol–water partition coefficient (Wildman–Crippen LogP) is 2.27. The summed E-state index contributed by atoms with van der Waals surface area (Å²) in [5.41, 5.74) is 2.10. The Labute approximate surface area is 171 Å². The smallest absolute Gasteiger partial charge is 0.294 e. The first-order valence-corrected chi connectivity index (χ1v) is 9.28. The second-order valence-electron chi connectivity index (χ2n) is 6.66. The molecule has 1 aromatic carbocycles. The summed E-state index contributed by atoms with van der Waals surface area (Å²) in [6.45, 7) is 4.01. The predicted molar refractivity (Wildman–Crippen MR) is 109 cm³/mol. The Hall–Kier alpha value is -3.86.